The molecule has 0 bridgehead atoms. The topological polar surface area (TPSA) is 36.9 Å². The van der Waals surface area contributed by atoms with Crippen LogP contribution >= 0.6 is 25.3 Å². The normalized spacial score (nSPS) is 9.88. The van der Waals surface area contributed by atoms with Gasteiger partial charge < -0.3 is 18.9 Å². The Morgan fingerprint density at radius 2 is 0.750 bits per heavy atom. The third-order valence-corrected chi connectivity index (χ3v) is 2.90. The Balaban J connectivity index is 3.60. The summed E-state index contributed by atoms with van der Waals surface area (Å²) in [7, 11) is 6.10. The molecule has 0 N–H and O–H groups in total. The fraction of sp³-hybridized carbons (Fsp3) is 0.400. The standard InChI is InChI=1S/C10H14O4S2/c1-11-5-6(12-2)10(16)8(14-4)7(13-3)9(5)15/h15-16H,1-4H3. The van der Waals surface area contributed by atoms with Crippen molar-refractivity contribution in [2.45, 2.75) is 9.79 Å². The Morgan fingerprint density at radius 3 is 0.875 bits per heavy atom. The van der Waals surface area contributed by atoms with Gasteiger partial charge in [0.15, 0.2) is 23.0 Å². The van der Waals surface area contributed by atoms with E-state index in [9.17, 15) is 0 Å². The molecule has 0 aliphatic rings. The van der Waals surface area contributed by atoms with E-state index in [4.69, 9.17) is 18.9 Å². The minimum atomic E-state index is 0.466. The van der Waals surface area contributed by atoms with Gasteiger partial charge in [0.05, 0.1) is 38.2 Å². The van der Waals surface area contributed by atoms with Crippen LogP contribution in [-0.2, 0) is 0 Å². The highest BCUT2D eigenvalue weighted by atomic mass is 32.1. The number of rotatable bonds is 4. The molecule has 0 atom stereocenters. The van der Waals surface area contributed by atoms with E-state index >= 15 is 0 Å². The Kier molecular flexibility index (Phi) is 4.49. The minimum Gasteiger partial charge on any atom is -0.492 e. The van der Waals surface area contributed by atoms with Crippen molar-refractivity contribution in [3.8, 4) is 23.0 Å². The lowest BCUT2D eigenvalue weighted by molar-refractivity contribution is 0.305. The lowest BCUT2D eigenvalue weighted by Gasteiger charge is -2.18. The third kappa shape index (κ3) is 1.99. The van der Waals surface area contributed by atoms with Crippen LogP contribution < -0.4 is 18.9 Å². The molecule has 0 aromatic heterocycles. The lowest BCUT2D eigenvalue weighted by Crippen LogP contribution is -1.99. The highest BCUT2D eigenvalue weighted by Crippen LogP contribution is 2.51. The summed E-state index contributed by atoms with van der Waals surface area (Å²) < 4.78 is 20.8. The maximum absolute atomic E-state index is 5.20. The van der Waals surface area contributed by atoms with Crippen molar-refractivity contribution in [1.82, 2.24) is 0 Å². The highest BCUT2D eigenvalue weighted by molar-refractivity contribution is 7.81. The van der Waals surface area contributed by atoms with Crippen molar-refractivity contribution >= 4 is 25.3 Å². The molecule has 0 saturated carbocycles. The molecule has 16 heavy (non-hydrogen) atoms. The molecule has 1 rings (SSSR count). The molecule has 90 valence electrons. The van der Waals surface area contributed by atoms with E-state index in [1.54, 1.807) is 0 Å². The predicted octanol–water partition coefficient (Wildman–Crippen LogP) is 2.30. The van der Waals surface area contributed by atoms with Crippen molar-refractivity contribution in [3.05, 3.63) is 0 Å². The molecule has 1 aromatic rings. The molecule has 0 aliphatic carbocycles. The van der Waals surface area contributed by atoms with E-state index in [2.05, 4.69) is 25.3 Å². The van der Waals surface area contributed by atoms with Crippen LogP contribution in [0.2, 0.25) is 0 Å². The number of hydrogen-bond acceptors (Lipinski definition) is 6. The summed E-state index contributed by atoms with van der Waals surface area (Å²) in [4.78, 5) is 1.02. The van der Waals surface area contributed by atoms with Gasteiger partial charge in [0.1, 0.15) is 0 Å². The second-order valence-electron chi connectivity index (χ2n) is 2.83. The summed E-state index contributed by atoms with van der Waals surface area (Å²) in [6.07, 6.45) is 0. The lowest BCUT2D eigenvalue weighted by atomic mass is 10.2. The van der Waals surface area contributed by atoms with E-state index in [0.717, 1.165) is 0 Å². The summed E-state index contributed by atoms with van der Waals surface area (Å²) in [5, 5.41) is 0. The first-order chi connectivity index (χ1) is 7.62. The maximum Gasteiger partial charge on any atom is 0.179 e. The molecule has 0 radical (unpaired) electrons. The Bertz CT molecular complexity index is 323. The van der Waals surface area contributed by atoms with E-state index in [-0.39, 0.29) is 0 Å². The molecular weight excluding hydrogens is 248 g/mol. The van der Waals surface area contributed by atoms with Gasteiger partial charge in [-0.25, -0.2) is 0 Å². The Labute approximate surface area is 106 Å². The van der Waals surface area contributed by atoms with Gasteiger partial charge in [0.2, 0.25) is 0 Å². The van der Waals surface area contributed by atoms with Gasteiger partial charge in [0, 0.05) is 0 Å². The van der Waals surface area contributed by atoms with Gasteiger partial charge in [-0.05, 0) is 0 Å². The van der Waals surface area contributed by atoms with Crippen molar-refractivity contribution in [3.63, 3.8) is 0 Å². The van der Waals surface area contributed by atoms with Crippen LogP contribution in [0.5, 0.6) is 23.0 Å². The first-order valence-corrected chi connectivity index (χ1v) is 5.29. The van der Waals surface area contributed by atoms with Crippen LogP contribution in [-0.4, -0.2) is 28.4 Å². The van der Waals surface area contributed by atoms with Crippen LogP contribution in [0.15, 0.2) is 9.79 Å². The van der Waals surface area contributed by atoms with Crippen LogP contribution in [0.4, 0.5) is 0 Å². The average Bonchev–Trinajstić information content (AvgIpc) is 2.30. The average molecular weight is 262 g/mol. The summed E-state index contributed by atoms with van der Waals surface area (Å²) in [6.45, 7) is 0. The van der Waals surface area contributed by atoms with E-state index < -0.39 is 0 Å². The van der Waals surface area contributed by atoms with Crippen molar-refractivity contribution in [2.75, 3.05) is 28.4 Å². The van der Waals surface area contributed by atoms with E-state index in [1.807, 2.05) is 0 Å². The first kappa shape index (κ1) is 13.2. The number of ether oxygens (including phenoxy) is 4. The van der Waals surface area contributed by atoms with Crippen LogP contribution in [0.25, 0.3) is 0 Å². The summed E-state index contributed by atoms with van der Waals surface area (Å²) >= 11 is 8.64. The van der Waals surface area contributed by atoms with Gasteiger partial charge in [-0.1, -0.05) is 0 Å². The maximum atomic E-state index is 5.20. The van der Waals surface area contributed by atoms with E-state index in [0.29, 0.717) is 32.8 Å². The monoisotopic (exact) mass is 262 g/mol. The van der Waals surface area contributed by atoms with Crippen molar-refractivity contribution in [2.24, 2.45) is 0 Å². The summed E-state index contributed by atoms with van der Waals surface area (Å²) in [6, 6.07) is 0. The van der Waals surface area contributed by atoms with Gasteiger partial charge in [-0.2, -0.15) is 0 Å². The quantitative estimate of drug-likeness (QED) is 0.816. The Hall–Kier alpha value is -0.880. The zero-order valence-corrected chi connectivity index (χ0v) is 11.3. The summed E-state index contributed by atoms with van der Waals surface area (Å²) in [5.74, 6) is 1.86. The van der Waals surface area contributed by atoms with Gasteiger partial charge in [0.25, 0.3) is 0 Å². The molecule has 6 heteroatoms. The number of methoxy groups -OCH3 is 4. The van der Waals surface area contributed by atoms with Crippen LogP contribution in [0.1, 0.15) is 0 Å². The van der Waals surface area contributed by atoms with Crippen LogP contribution in [0.3, 0.4) is 0 Å². The van der Waals surface area contributed by atoms with Gasteiger partial charge >= 0.3 is 0 Å². The second kappa shape index (κ2) is 5.45. The molecule has 4 nitrogen and oxygen atoms in total. The first-order valence-electron chi connectivity index (χ1n) is 4.40. The molecule has 0 saturated heterocycles. The van der Waals surface area contributed by atoms with Crippen molar-refractivity contribution in [1.29, 1.82) is 0 Å². The molecule has 0 heterocycles. The second-order valence-corrected chi connectivity index (χ2v) is 3.72. The molecule has 1 aromatic carbocycles. The number of hydrogen-bond donors (Lipinski definition) is 2. The fourth-order valence-corrected chi connectivity index (χ4v) is 2.17. The van der Waals surface area contributed by atoms with Crippen LogP contribution in [0, 0.1) is 0 Å². The SMILES string of the molecule is COc1c(S)c(OC)c(OC)c(S)c1OC. The molecule has 0 aliphatic heterocycles. The minimum absolute atomic E-state index is 0.466. The van der Waals surface area contributed by atoms with Gasteiger partial charge in [-0.3, -0.25) is 0 Å². The summed E-state index contributed by atoms with van der Waals surface area (Å²) in [5.41, 5.74) is 0. The number of thiol groups is 2. The van der Waals surface area contributed by atoms with E-state index in [1.165, 1.54) is 28.4 Å². The highest BCUT2D eigenvalue weighted by Gasteiger charge is 2.23. The largest absolute Gasteiger partial charge is 0.492 e. The molecule has 0 fully saturated rings. The van der Waals surface area contributed by atoms with Crippen molar-refractivity contribution < 1.29 is 18.9 Å². The molecule has 0 unspecified atom stereocenters. The third-order valence-electron chi connectivity index (χ3n) is 2.09. The zero-order valence-electron chi connectivity index (χ0n) is 9.53. The fourth-order valence-electron chi connectivity index (χ4n) is 1.39. The smallest absolute Gasteiger partial charge is 0.179 e. The predicted molar refractivity (Wildman–Crippen MR) is 67.2 cm³/mol. The molecular formula is C10H14O4S2. The number of benzene rings is 1. The zero-order chi connectivity index (χ0) is 12.3. The van der Waals surface area contributed by atoms with Gasteiger partial charge in [-0.15, -0.1) is 25.3 Å². The Morgan fingerprint density at radius 1 is 0.562 bits per heavy atom. The molecule has 0 spiro atoms. The molecule has 0 amide bonds.